The summed E-state index contributed by atoms with van der Waals surface area (Å²) in [6.07, 6.45) is 0.976. The van der Waals surface area contributed by atoms with Gasteiger partial charge in [-0.05, 0) is 30.2 Å². The van der Waals surface area contributed by atoms with Gasteiger partial charge in [0, 0.05) is 28.0 Å². The van der Waals surface area contributed by atoms with Crippen LogP contribution in [-0.4, -0.2) is 10.7 Å². The Hall–Kier alpha value is -1.36. The Morgan fingerprint density at radius 1 is 1.40 bits per heavy atom. The Kier molecular flexibility index (Phi) is 2.48. The number of benzene rings is 1. The molecule has 0 aromatic heterocycles. The number of halogens is 1. The third kappa shape index (κ3) is 1.74. The van der Waals surface area contributed by atoms with Gasteiger partial charge in [0.2, 0.25) is 5.91 Å². The molecule has 0 fully saturated rings. The molecule has 1 aliphatic rings. The molecular weight excluding hydrogens is 260 g/mol. The molecule has 0 unspecified atom stereocenters. The summed E-state index contributed by atoms with van der Waals surface area (Å²) in [6, 6.07) is 5.17. The number of nitrogens with zero attached hydrogens (tertiary/aromatic N) is 1. The van der Waals surface area contributed by atoms with E-state index in [0.717, 1.165) is 10.5 Å². The average Bonchev–Trinajstić information content (AvgIpc) is 2.17. The summed E-state index contributed by atoms with van der Waals surface area (Å²) in [5.41, 5.74) is 7.84. The zero-order valence-electron chi connectivity index (χ0n) is 7.87. The summed E-state index contributed by atoms with van der Waals surface area (Å²) in [5, 5.41) is 0. The predicted molar refractivity (Wildman–Crippen MR) is 61.0 cm³/mol. The maximum atomic E-state index is 11.5. The zero-order valence-corrected chi connectivity index (χ0v) is 9.45. The molecule has 0 aliphatic carbocycles. The Bertz CT molecular complexity index is 445. The molecular formula is C10H9BrN2O2. The van der Waals surface area contributed by atoms with Crippen molar-refractivity contribution in [2.45, 2.75) is 12.8 Å². The lowest BCUT2D eigenvalue weighted by atomic mass is 10.0. The van der Waals surface area contributed by atoms with E-state index >= 15 is 0 Å². The van der Waals surface area contributed by atoms with Crippen molar-refractivity contribution in [3.05, 3.63) is 23.8 Å². The van der Waals surface area contributed by atoms with Crippen molar-refractivity contribution in [2.24, 2.45) is 0 Å². The van der Waals surface area contributed by atoms with Crippen LogP contribution in [0.1, 0.15) is 12.0 Å². The van der Waals surface area contributed by atoms with Crippen LogP contribution >= 0.6 is 15.9 Å². The second-order valence-corrected chi connectivity index (χ2v) is 4.05. The Labute approximate surface area is 95.2 Å². The minimum Gasteiger partial charge on any atom is -0.399 e. The van der Waals surface area contributed by atoms with E-state index in [1.54, 1.807) is 18.2 Å². The Balaban J connectivity index is 2.53. The molecule has 5 heteroatoms. The molecule has 0 atom stereocenters. The first-order valence-electron chi connectivity index (χ1n) is 4.50. The van der Waals surface area contributed by atoms with E-state index in [4.69, 9.17) is 5.73 Å². The van der Waals surface area contributed by atoms with Crippen LogP contribution in [0.4, 0.5) is 16.2 Å². The molecule has 2 rings (SSSR count). The molecule has 1 heterocycles. The van der Waals surface area contributed by atoms with Crippen LogP contribution in [-0.2, 0) is 11.2 Å². The zero-order chi connectivity index (χ0) is 11.0. The highest BCUT2D eigenvalue weighted by Crippen LogP contribution is 2.30. The summed E-state index contributed by atoms with van der Waals surface area (Å²) in [5.74, 6) is -0.186. The third-order valence-corrected chi connectivity index (χ3v) is 2.73. The topological polar surface area (TPSA) is 63.4 Å². The maximum Gasteiger partial charge on any atom is 0.300 e. The van der Waals surface area contributed by atoms with Crippen molar-refractivity contribution >= 4 is 38.0 Å². The third-order valence-electron chi connectivity index (χ3n) is 2.38. The van der Waals surface area contributed by atoms with Crippen LogP contribution < -0.4 is 10.6 Å². The Morgan fingerprint density at radius 2 is 2.13 bits per heavy atom. The fourth-order valence-electron chi connectivity index (χ4n) is 1.70. The van der Waals surface area contributed by atoms with Gasteiger partial charge < -0.3 is 5.73 Å². The predicted octanol–water partition coefficient (Wildman–Crippen LogP) is 2.06. The van der Waals surface area contributed by atoms with Gasteiger partial charge in [0.05, 0.1) is 5.69 Å². The van der Waals surface area contributed by atoms with Crippen LogP contribution in [0.5, 0.6) is 0 Å². The summed E-state index contributed by atoms with van der Waals surface area (Å²) in [7, 11) is 0. The van der Waals surface area contributed by atoms with Gasteiger partial charge in [-0.2, -0.15) is 0 Å². The van der Waals surface area contributed by atoms with Crippen LogP contribution in [0, 0.1) is 0 Å². The summed E-state index contributed by atoms with van der Waals surface area (Å²) < 4.78 is 0. The molecule has 0 saturated heterocycles. The van der Waals surface area contributed by atoms with Crippen molar-refractivity contribution < 1.29 is 9.59 Å². The summed E-state index contributed by atoms with van der Waals surface area (Å²) in [6.45, 7) is 0. The average molecular weight is 269 g/mol. The molecule has 4 nitrogen and oxygen atoms in total. The van der Waals surface area contributed by atoms with Gasteiger partial charge in [0.15, 0.2) is 0 Å². The first kappa shape index (κ1) is 10.2. The molecule has 1 aromatic carbocycles. The lowest BCUT2D eigenvalue weighted by molar-refractivity contribution is -0.118. The first-order valence-corrected chi connectivity index (χ1v) is 5.29. The number of hydrogen-bond acceptors (Lipinski definition) is 3. The molecule has 0 spiro atoms. The van der Waals surface area contributed by atoms with Crippen molar-refractivity contribution in [1.82, 2.24) is 0 Å². The van der Waals surface area contributed by atoms with E-state index in [1.165, 1.54) is 0 Å². The number of imide groups is 1. The monoisotopic (exact) mass is 268 g/mol. The number of carbonyl (C=O) groups is 2. The maximum absolute atomic E-state index is 11.5. The number of amides is 2. The van der Waals surface area contributed by atoms with Gasteiger partial charge in [-0.3, -0.25) is 9.59 Å². The largest absolute Gasteiger partial charge is 0.399 e. The van der Waals surface area contributed by atoms with Gasteiger partial charge >= 0.3 is 4.82 Å². The van der Waals surface area contributed by atoms with Crippen molar-refractivity contribution in [2.75, 3.05) is 10.6 Å². The van der Waals surface area contributed by atoms with Crippen molar-refractivity contribution in [3.8, 4) is 0 Å². The molecule has 2 amide bonds. The number of carbonyl (C=O) groups excluding carboxylic acids is 2. The highest BCUT2D eigenvalue weighted by Gasteiger charge is 2.27. The highest BCUT2D eigenvalue weighted by molar-refractivity contribution is 9.18. The number of fused-ring (bicyclic) bond motifs is 1. The minimum atomic E-state index is -0.432. The van der Waals surface area contributed by atoms with E-state index in [-0.39, 0.29) is 5.91 Å². The number of nitrogen functional groups attached to an aromatic ring is 1. The number of rotatable bonds is 0. The molecule has 2 N–H and O–H groups in total. The van der Waals surface area contributed by atoms with E-state index in [9.17, 15) is 9.59 Å². The number of anilines is 2. The van der Waals surface area contributed by atoms with Gasteiger partial charge in [0.1, 0.15) is 0 Å². The van der Waals surface area contributed by atoms with Gasteiger partial charge in [0.25, 0.3) is 0 Å². The first-order chi connectivity index (χ1) is 7.09. The fourth-order valence-corrected chi connectivity index (χ4v) is 2.09. The SMILES string of the molecule is Nc1ccc2c(c1)CCC(=O)N2C(=O)Br. The molecule has 0 saturated carbocycles. The Morgan fingerprint density at radius 3 is 2.80 bits per heavy atom. The normalized spacial score (nSPS) is 15.0. The van der Waals surface area contributed by atoms with Crippen molar-refractivity contribution in [3.63, 3.8) is 0 Å². The van der Waals surface area contributed by atoms with E-state index in [1.807, 2.05) is 0 Å². The molecule has 0 radical (unpaired) electrons. The van der Waals surface area contributed by atoms with Crippen LogP contribution in [0.3, 0.4) is 0 Å². The minimum absolute atomic E-state index is 0.186. The molecule has 15 heavy (non-hydrogen) atoms. The second kappa shape index (κ2) is 3.66. The summed E-state index contributed by atoms with van der Waals surface area (Å²) >= 11 is 2.80. The van der Waals surface area contributed by atoms with E-state index in [0.29, 0.717) is 24.2 Å². The number of hydrogen-bond donors (Lipinski definition) is 1. The quantitative estimate of drug-likeness (QED) is 0.445. The summed E-state index contributed by atoms with van der Waals surface area (Å²) in [4.78, 5) is 23.5. The number of nitrogens with two attached hydrogens (primary N) is 1. The lowest BCUT2D eigenvalue weighted by Gasteiger charge is -2.25. The van der Waals surface area contributed by atoms with Crippen LogP contribution in [0.15, 0.2) is 18.2 Å². The standard InChI is InChI=1S/C10H9BrN2O2/c11-10(15)13-8-3-2-7(12)5-6(8)1-4-9(13)14/h2-3,5H,1,4,12H2. The number of aryl methyl sites for hydroxylation is 1. The van der Waals surface area contributed by atoms with E-state index < -0.39 is 4.82 Å². The van der Waals surface area contributed by atoms with E-state index in [2.05, 4.69) is 15.9 Å². The molecule has 1 aliphatic heterocycles. The second-order valence-electron chi connectivity index (χ2n) is 3.37. The molecule has 0 bridgehead atoms. The van der Waals surface area contributed by atoms with Gasteiger partial charge in [-0.25, -0.2) is 4.90 Å². The van der Waals surface area contributed by atoms with Crippen LogP contribution in [0.2, 0.25) is 0 Å². The molecule has 78 valence electrons. The fraction of sp³-hybridized carbons (Fsp3) is 0.200. The van der Waals surface area contributed by atoms with Crippen molar-refractivity contribution in [1.29, 1.82) is 0 Å². The highest BCUT2D eigenvalue weighted by atomic mass is 79.9. The van der Waals surface area contributed by atoms with Crippen LogP contribution in [0.25, 0.3) is 0 Å². The smallest absolute Gasteiger partial charge is 0.300 e. The lowest BCUT2D eigenvalue weighted by Crippen LogP contribution is -2.36. The van der Waals surface area contributed by atoms with Gasteiger partial charge in [-0.15, -0.1) is 0 Å². The molecule has 1 aromatic rings. The van der Waals surface area contributed by atoms with Gasteiger partial charge in [-0.1, -0.05) is 0 Å².